The Morgan fingerprint density at radius 2 is 0.805 bits per heavy atom. The molecule has 246 valence electrons. The lowest BCUT2D eigenvalue weighted by atomic mass is 9.56. The number of rotatable bonds is 9. The number of hydrogen-bond acceptors (Lipinski definition) is 0. The van der Waals surface area contributed by atoms with E-state index in [0.717, 1.165) is 0 Å². The molecule has 1 aliphatic rings. The van der Waals surface area contributed by atoms with Crippen molar-refractivity contribution in [2.45, 2.75) is 103 Å². The van der Waals surface area contributed by atoms with E-state index in [2.05, 4.69) is 0 Å². The van der Waals surface area contributed by atoms with E-state index >= 15 is 8.78 Å². The Morgan fingerprint density at radius 3 is 1.07 bits per heavy atom. The van der Waals surface area contributed by atoms with Crippen LogP contribution in [0.15, 0.2) is 0 Å². The number of alkyl halides is 24. The number of halogens is 24. The van der Waals surface area contributed by atoms with Gasteiger partial charge in [0.15, 0.2) is 0 Å². The Hall–Kier alpha value is -1.68. The average molecular weight is 670 g/mol. The summed E-state index contributed by atoms with van der Waals surface area (Å²) in [5, 5.41) is 0. The lowest BCUT2D eigenvalue weighted by molar-refractivity contribution is -0.490. The molecule has 0 aliphatic heterocycles. The van der Waals surface area contributed by atoms with E-state index < -0.39 is 103 Å². The first-order valence-electron chi connectivity index (χ1n) is 9.69. The molecule has 1 rings (SSSR count). The molecule has 1 saturated carbocycles. The van der Waals surface area contributed by atoms with Crippen molar-refractivity contribution in [1.82, 2.24) is 0 Å². The standard InChI is InChI=1S/C17H10F24/c1-6(22)12(31,15(36,37)17(40,41)16(38,39)13(6,32)33)9(26,14(34,35)7(2,23)24)3-8(25,10(27,28)4(18)19)11(29,30)5(20)21/h4-5H,3H2,1-2H3. The second-order valence-electron chi connectivity index (χ2n) is 9.05. The maximum Gasteiger partial charge on any atom is 0.381 e. The van der Waals surface area contributed by atoms with Gasteiger partial charge < -0.3 is 0 Å². The van der Waals surface area contributed by atoms with E-state index in [-0.39, 0.29) is 0 Å². The van der Waals surface area contributed by atoms with Crippen LogP contribution in [0, 0.1) is 0 Å². The molecule has 0 spiro atoms. The molecule has 0 bridgehead atoms. The van der Waals surface area contributed by atoms with Gasteiger partial charge >= 0.3 is 60.2 Å². The van der Waals surface area contributed by atoms with Gasteiger partial charge in [-0.1, -0.05) is 0 Å². The van der Waals surface area contributed by atoms with Gasteiger partial charge in [-0.2, -0.15) is 61.5 Å². The van der Waals surface area contributed by atoms with Gasteiger partial charge in [0.05, 0.1) is 0 Å². The maximum absolute atomic E-state index is 15.7. The maximum atomic E-state index is 15.7. The minimum atomic E-state index is -8.77. The zero-order chi connectivity index (χ0) is 33.9. The molecule has 1 aliphatic carbocycles. The highest BCUT2D eigenvalue weighted by Crippen LogP contribution is 2.75. The quantitative estimate of drug-likeness (QED) is 0.215. The van der Waals surface area contributed by atoms with Crippen LogP contribution in [0.1, 0.15) is 20.3 Å². The second-order valence-corrected chi connectivity index (χ2v) is 9.05. The van der Waals surface area contributed by atoms with Crippen LogP contribution in [-0.4, -0.2) is 82.9 Å². The summed E-state index contributed by atoms with van der Waals surface area (Å²) in [6.07, 6.45) is -18.5. The lowest BCUT2D eigenvalue weighted by Crippen LogP contribution is -2.91. The molecule has 3 unspecified atom stereocenters. The van der Waals surface area contributed by atoms with Gasteiger partial charge in [-0.05, 0) is 6.92 Å². The topological polar surface area (TPSA) is 0 Å². The summed E-state index contributed by atoms with van der Waals surface area (Å²) in [5.74, 6) is -64.8. The summed E-state index contributed by atoms with van der Waals surface area (Å²) >= 11 is 0. The molecular formula is C17H10F24. The van der Waals surface area contributed by atoms with Gasteiger partial charge in [0.1, 0.15) is 0 Å². The third-order valence-electron chi connectivity index (χ3n) is 6.54. The Kier molecular flexibility index (Phi) is 8.13. The Morgan fingerprint density at radius 1 is 0.512 bits per heavy atom. The third kappa shape index (κ3) is 3.80. The first-order valence-corrected chi connectivity index (χ1v) is 9.69. The molecule has 3 atom stereocenters. The molecule has 41 heavy (non-hydrogen) atoms. The normalized spacial score (nSPS) is 30.4. The highest BCUT2D eigenvalue weighted by atomic mass is 19.4. The molecule has 0 aromatic carbocycles. The van der Waals surface area contributed by atoms with E-state index in [4.69, 9.17) is 0 Å². The van der Waals surface area contributed by atoms with Gasteiger partial charge in [-0.3, -0.25) is 0 Å². The summed E-state index contributed by atoms with van der Waals surface area (Å²) in [7, 11) is 0. The van der Waals surface area contributed by atoms with Crippen molar-refractivity contribution >= 4 is 0 Å². The summed E-state index contributed by atoms with van der Waals surface area (Å²) in [4.78, 5) is 0. The van der Waals surface area contributed by atoms with Crippen LogP contribution in [0.4, 0.5) is 105 Å². The first kappa shape index (κ1) is 37.3. The van der Waals surface area contributed by atoms with Crippen molar-refractivity contribution in [1.29, 1.82) is 0 Å². The molecule has 0 amide bonds. The van der Waals surface area contributed by atoms with Crippen molar-refractivity contribution in [3.63, 3.8) is 0 Å². The number of hydrogen-bond donors (Lipinski definition) is 0. The fraction of sp³-hybridized carbons (Fsp3) is 1.00. The van der Waals surface area contributed by atoms with E-state index in [1.54, 1.807) is 0 Å². The molecule has 0 heterocycles. The summed E-state index contributed by atoms with van der Waals surface area (Å²) in [5.41, 5.74) is -33.3. The fourth-order valence-corrected chi connectivity index (χ4v) is 3.97. The van der Waals surface area contributed by atoms with E-state index in [1.165, 1.54) is 0 Å². The predicted octanol–water partition coefficient (Wildman–Crippen LogP) is 8.88. The van der Waals surface area contributed by atoms with E-state index in [0.29, 0.717) is 0 Å². The van der Waals surface area contributed by atoms with Crippen LogP contribution in [0.25, 0.3) is 0 Å². The first-order chi connectivity index (χ1) is 17.3. The third-order valence-corrected chi connectivity index (χ3v) is 6.54. The van der Waals surface area contributed by atoms with Crippen LogP contribution in [-0.2, 0) is 0 Å². The van der Waals surface area contributed by atoms with E-state index in [9.17, 15) is 96.6 Å². The van der Waals surface area contributed by atoms with Gasteiger partial charge in [0.2, 0.25) is 11.3 Å². The highest BCUT2D eigenvalue weighted by molar-refractivity contribution is 5.37. The SMILES string of the molecule is CC(F)(F)C(F)(F)C(F)(CC(F)(C(F)(F)C(F)F)C(F)(F)C(F)F)C1(F)C(C)(F)C(F)(F)C(F)(F)C(F)(F)C1(F)F. The van der Waals surface area contributed by atoms with Gasteiger partial charge in [0.25, 0.3) is 11.3 Å². The summed E-state index contributed by atoms with van der Waals surface area (Å²) in [6, 6.07) is 0. The van der Waals surface area contributed by atoms with Crippen LogP contribution in [0.5, 0.6) is 0 Å². The highest BCUT2D eigenvalue weighted by Gasteiger charge is 3.05. The molecular weight excluding hydrogens is 660 g/mol. The molecule has 0 aromatic rings. The van der Waals surface area contributed by atoms with Crippen molar-refractivity contribution in [3.8, 4) is 0 Å². The summed E-state index contributed by atoms with van der Waals surface area (Å²) in [6.45, 7) is -3.68. The minimum Gasteiger partial charge on any atom is -0.233 e. The van der Waals surface area contributed by atoms with Crippen LogP contribution in [0.3, 0.4) is 0 Å². The zero-order valence-electron chi connectivity index (χ0n) is 18.9. The van der Waals surface area contributed by atoms with Crippen molar-refractivity contribution in [2.75, 3.05) is 0 Å². The van der Waals surface area contributed by atoms with Crippen LogP contribution in [0.2, 0.25) is 0 Å². The molecule has 0 radical (unpaired) electrons. The lowest BCUT2D eigenvalue weighted by Gasteiger charge is -2.60. The monoisotopic (exact) mass is 670 g/mol. The van der Waals surface area contributed by atoms with Gasteiger partial charge in [-0.15, -0.1) is 0 Å². The Bertz CT molecular complexity index is 937. The van der Waals surface area contributed by atoms with Gasteiger partial charge in [0, 0.05) is 13.3 Å². The Labute approximate surface area is 210 Å². The second kappa shape index (κ2) is 8.93. The van der Waals surface area contributed by atoms with Crippen LogP contribution < -0.4 is 0 Å². The summed E-state index contributed by atoms with van der Waals surface area (Å²) < 4.78 is 335. The molecule has 1 fully saturated rings. The smallest absolute Gasteiger partial charge is 0.233 e. The Balaban J connectivity index is 4.66. The van der Waals surface area contributed by atoms with Crippen LogP contribution >= 0.6 is 0 Å². The van der Waals surface area contributed by atoms with Crippen molar-refractivity contribution in [3.05, 3.63) is 0 Å². The molecule has 0 aromatic heterocycles. The van der Waals surface area contributed by atoms with Gasteiger partial charge in [-0.25, -0.2) is 43.9 Å². The average Bonchev–Trinajstić information content (AvgIpc) is 2.75. The zero-order valence-corrected chi connectivity index (χ0v) is 18.9. The molecule has 0 N–H and O–H groups in total. The van der Waals surface area contributed by atoms with Crippen molar-refractivity contribution in [2.24, 2.45) is 0 Å². The predicted molar refractivity (Wildman–Crippen MR) is 82.9 cm³/mol. The fourth-order valence-electron chi connectivity index (χ4n) is 3.97. The molecule has 24 heteroatoms. The minimum absolute atomic E-state index is 1.65. The largest absolute Gasteiger partial charge is 0.381 e. The molecule has 0 saturated heterocycles. The molecule has 0 nitrogen and oxygen atoms in total. The van der Waals surface area contributed by atoms with E-state index in [1.807, 2.05) is 0 Å². The van der Waals surface area contributed by atoms with Crippen molar-refractivity contribution < 1.29 is 105 Å².